The molecule has 1 N–H and O–H groups in total. The number of rotatable bonds is 6. The Kier molecular flexibility index (Phi) is 5.17. The molecule has 0 aliphatic carbocycles. The highest BCUT2D eigenvalue weighted by atomic mass is 16.1. The Bertz CT molecular complexity index is 449. The normalized spacial score (nSPS) is 17.4. The summed E-state index contributed by atoms with van der Waals surface area (Å²) in [5, 5.41) is 3.03. The summed E-state index contributed by atoms with van der Waals surface area (Å²) in [6.07, 6.45) is 4.38. The van der Waals surface area contributed by atoms with Crippen LogP contribution in [0.4, 0.5) is 0 Å². The van der Waals surface area contributed by atoms with E-state index in [0.717, 1.165) is 31.9 Å². The molecular weight excluding hydrogens is 252 g/mol. The first kappa shape index (κ1) is 15.0. The smallest absolute Gasteiger partial charge is 0.224 e. The maximum Gasteiger partial charge on any atom is 0.224 e. The molecule has 0 unspecified atom stereocenters. The van der Waals surface area contributed by atoms with Gasteiger partial charge in [-0.2, -0.15) is 0 Å². The van der Waals surface area contributed by atoms with E-state index in [4.69, 9.17) is 0 Å². The number of aromatic nitrogens is 2. The molecule has 112 valence electrons. The number of imidazole rings is 1. The van der Waals surface area contributed by atoms with Gasteiger partial charge >= 0.3 is 0 Å². The summed E-state index contributed by atoms with van der Waals surface area (Å²) >= 11 is 0. The Hall–Kier alpha value is -1.36. The van der Waals surface area contributed by atoms with Crippen LogP contribution in [0, 0.1) is 19.8 Å². The molecule has 2 rings (SSSR count). The summed E-state index contributed by atoms with van der Waals surface area (Å²) in [4.78, 5) is 18.7. The van der Waals surface area contributed by atoms with E-state index in [0.29, 0.717) is 6.54 Å². The van der Waals surface area contributed by atoms with Crippen molar-refractivity contribution >= 4 is 5.91 Å². The van der Waals surface area contributed by atoms with Crippen LogP contribution in [0.25, 0.3) is 0 Å². The average molecular weight is 278 g/mol. The molecule has 0 aromatic carbocycles. The van der Waals surface area contributed by atoms with Crippen molar-refractivity contribution in [2.24, 2.45) is 5.92 Å². The number of nitrogens with zero attached hydrogens (tertiary/aromatic N) is 3. The van der Waals surface area contributed by atoms with E-state index >= 15 is 0 Å². The zero-order valence-electron chi connectivity index (χ0n) is 12.9. The van der Waals surface area contributed by atoms with Gasteiger partial charge in [-0.25, -0.2) is 4.98 Å². The quantitative estimate of drug-likeness (QED) is 0.854. The Balaban J connectivity index is 1.70. The fourth-order valence-corrected chi connectivity index (χ4v) is 2.68. The molecule has 2 heterocycles. The number of hydrogen-bond acceptors (Lipinski definition) is 3. The van der Waals surface area contributed by atoms with Gasteiger partial charge in [0.05, 0.1) is 12.0 Å². The number of likely N-dealkylation sites (tertiary alicyclic amines) is 1. The molecule has 0 radical (unpaired) electrons. The highest BCUT2D eigenvalue weighted by Gasteiger charge is 2.19. The van der Waals surface area contributed by atoms with Crippen LogP contribution in [0.3, 0.4) is 0 Å². The van der Waals surface area contributed by atoms with Gasteiger partial charge in [0.1, 0.15) is 0 Å². The lowest BCUT2D eigenvalue weighted by Gasteiger charge is -2.19. The molecule has 0 saturated carbocycles. The van der Waals surface area contributed by atoms with Gasteiger partial charge in [-0.1, -0.05) is 6.92 Å². The van der Waals surface area contributed by atoms with Crippen LogP contribution < -0.4 is 5.32 Å². The standard InChI is InChI=1S/C15H26N4O/c1-12(10-18-7-4-5-8-18)15(20)16-6-9-19-11-17-13(2)14(19)3/h11-12H,4-10H2,1-3H3,(H,16,20)/t12-/m1/s1. The number of carbonyl (C=O) groups is 1. The van der Waals surface area contributed by atoms with Crippen molar-refractivity contribution in [2.75, 3.05) is 26.2 Å². The third-order valence-electron chi connectivity index (χ3n) is 4.18. The fraction of sp³-hybridized carbons (Fsp3) is 0.733. The van der Waals surface area contributed by atoms with Gasteiger partial charge in [0.2, 0.25) is 5.91 Å². The van der Waals surface area contributed by atoms with E-state index in [2.05, 4.69) is 26.7 Å². The molecule has 1 aromatic rings. The lowest BCUT2D eigenvalue weighted by Crippen LogP contribution is -2.37. The molecular formula is C15H26N4O. The zero-order chi connectivity index (χ0) is 14.5. The van der Waals surface area contributed by atoms with Crippen molar-refractivity contribution < 1.29 is 4.79 Å². The molecule has 1 fully saturated rings. The molecule has 1 aromatic heterocycles. The first-order valence-electron chi connectivity index (χ1n) is 7.56. The van der Waals surface area contributed by atoms with E-state index in [-0.39, 0.29) is 11.8 Å². The minimum Gasteiger partial charge on any atom is -0.354 e. The SMILES string of the molecule is Cc1ncn(CCNC(=O)[C@H](C)CN2CCCC2)c1C. The minimum absolute atomic E-state index is 0.0683. The van der Waals surface area contributed by atoms with E-state index in [9.17, 15) is 4.79 Å². The van der Waals surface area contributed by atoms with Gasteiger partial charge in [0, 0.05) is 31.2 Å². The zero-order valence-corrected chi connectivity index (χ0v) is 12.9. The largest absolute Gasteiger partial charge is 0.354 e. The van der Waals surface area contributed by atoms with Crippen molar-refractivity contribution in [3.63, 3.8) is 0 Å². The predicted molar refractivity (Wildman–Crippen MR) is 79.5 cm³/mol. The third kappa shape index (κ3) is 3.82. The summed E-state index contributed by atoms with van der Waals surface area (Å²) in [7, 11) is 0. The first-order chi connectivity index (χ1) is 9.58. The molecule has 1 amide bonds. The number of nitrogens with one attached hydrogen (secondary N) is 1. The third-order valence-corrected chi connectivity index (χ3v) is 4.18. The van der Waals surface area contributed by atoms with Crippen LogP contribution >= 0.6 is 0 Å². The van der Waals surface area contributed by atoms with Gasteiger partial charge in [-0.3, -0.25) is 4.79 Å². The molecule has 0 spiro atoms. The Labute approximate surface area is 121 Å². The van der Waals surface area contributed by atoms with Crippen molar-refractivity contribution in [2.45, 2.75) is 40.2 Å². The topological polar surface area (TPSA) is 50.2 Å². The number of carbonyl (C=O) groups excluding carboxylic acids is 1. The van der Waals surface area contributed by atoms with Crippen molar-refractivity contribution in [3.8, 4) is 0 Å². The molecule has 20 heavy (non-hydrogen) atoms. The van der Waals surface area contributed by atoms with Crippen molar-refractivity contribution in [1.29, 1.82) is 0 Å². The second-order valence-electron chi connectivity index (χ2n) is 5.81. The van der Waals surface area contributed by atoms with Crippen molar-refractivity contribution in [3.05, 3.63) is 17.7 Å². The summed E-state index contributed by atoms with van der Waals surface area (Å²) in [6.45, 7) is 10.7. The number of amides is 1. The minimum atomic E-state index is 0.0683. The van der Waals surface area contributed by atoms with E-state index < -0.39 is 0 Å². The second kappa shape index (κ2) is 6.88. The maximum absolute atomic E-state index is 12.0. The van der Waals surface area contributed by atoms with Gasteiger partial charge in [0.15, 0.2) is 0 Å². The van der Waals surface area contributed by atoms with E-state index in [1.54, 1.807) is 0 Å². The summed E-state index contributed by atoms with van der Waals surface area (Å²) < 4.78 is 2.08. The van der Waals surface area contributed by atoms with Gasteiger partial charge < -0.3 is 14.8 Å². The van der Waals surface area contributed by atoms with E-state index in [1.165, 1.54) is 18.5 Å². The molecule has 5 heteroatoms. The Morgan fingerprint density at radius 3 is 2.70 bits per heavy atom. The highest BCUT2D eigenvalue weighted by Crippen LogP contribution is 2.10. The summed E-state index contributed by atoms with van der Waals surface area (Å²) in [5.41, 5.74) is 2.23. The molecule has 1 aliphatic rings. The Morgan fingerprint density at radius 2 is 2.10 bits per heavy atom. The maximum atomic E-state index is 12.0. The summed E-state index contributed by atoms with van der Waals surface area (Å²) in [6, 6.07) is 0. The predicted octanol–water partition coefficient (Wildman–Crippen LogP) is 1.35. The van der Waals surface area contributed by atoms with E-state index in [1.807, 2.05) is 20.2 Å². The average Bonchev–Trinajstić information content (AvgIpc) is 3.03. The second-order valence-corrected chi connectivity index (χ2v) is 5.81. The van der Waals surface area contributed by atoms with Crippen LogP contribution in [0.1, 0.15) is 31.2 Å². The monoisotopic (exact) mass is 278 g/mol. The summed E-state index contributed by atoms with van der Waals surface area (Å²) in [5.74, 6) is 0.227. The molecule has 1 atom stereocenters. The number of aryl methyl sites for hydroxylation is 1. The van der Waals surface area contributed by atoms with Gasteiger partial charge in [0.25, 0.3) is 0 Å². The van der Waals surface area contributed by atoms with Crippen molar-refractivity contribution in [1.82, 2.24) is 19.8 Å². The van der Waals surface area contributed by atoms with Gasteiger partial charge in [-0.15, -0.1) is 0 Å². The highest BCUT2D eigenvalue weighted by molar-refractivity contribution is 5.78. The molecule has 0 bridgehead atoms. The molecule has 1 saturated heterocycles. The molecule has 1 aliphatic heterocycles. The van der Waals surface area contributed by atoms with Crippen LogP contribution in [0.2, 0.25) is 0 Å². The molecule has 5 nitrogen and oxygen atoms in total. The number of hydrogen-bond donors (Lipinski definition) is 1. The lowest BCUT2D eigenvalue weighted by atomic mass is 10.1. The first-order valence-corrected chi connectivity index (χ1v) is 7.56. The van der Waals surface area contributed by atoms with Crippen LogP contribution in [0.15, 0.2) is 6.33 Å². The fourth-order valence-electron chi connectivity index (χ4n) is 2.68. The lowest BCUT2D eigenvalue weighted by molar-refractivity contribution is -0.125. The van der Waals surface area contributed by atoms with Crippen LogP contribution in [-0.4, -0.2) is 46.5 Å². The van der Waals surface area contributed by atoms with Crippen LogP contribution in [-0.2, 0) is 11.3 Å². The Morgan fingerprint density at radius 1 is 1.40 bits per heavy atom. The van der Waals surface area contributed by atoms with Gasteiger partial charge in [-0.05, 0) is 39.8 Å². The van der Waals surface area contributed by atoms with Crippen LogP contribution in [0.5, 0.6) is 0 Å².